The van der Waals surface area contributed by atoms with Crippen molar-refractivity contribution in [3.63, 3.8) is 0 Å². The lowest BCUT2D eigenvalue weighted by Gasteiger charge is -2.15. The summed E-state index contributed by atoms with van der Waals surface area (Å²) in [4.78, 5) is 27.7. The van der Waals surface area contributed by atoms with Gasteiger partial charge in [-0.2, -0.15) is 0 Å². The average molecular weight is 374 g/mol. The number of thioether (sulfide) groups is 1. The fraction of sp³-hybridized carbons (Fsp3) is 0.158. The summed E-state index contributed by atoms with van der Waals surface area (Å²) in [6.45, 7) is 1.94. The molecule has 1 heterocycles. The van der Waals surface area contributed by atoms with Crippen molar-refractivity contribution in [2.45, 2.75) is 6.92 Å². The fourth-order valence-electron chi connectivity index (χ4n) is 2.70. The maximum atomic E-state index is 13.1. The highest BCUT2D eigenvalue weighted by Crippen LogP contribution is 2.41. The maximum Gasteiger partial charge on any atom is 0.272 e. The number of amides is 2. The van der Waals surface area contributed by atoms with Gasteiger partial charge in [-0.05, 0) is 36.1 Å². The number of para-hydroxylation sites is 1. The molecule has 2 aromatic rings. The van der Waals surface area contributed by atoms with Gasteiger partial charge in [-0.3, -0.25) is 9.59 Å². The molecule has 3 rings (SSSR count). The Balaban J connectivity index is 2.12. The van der Waals surface area contributed by atoms with Gasteiger partial charge in [0.25, 0.3) is 11.8 Å². The molecule has 2 amide bonds. The summed E-state index contributed by atoms with van der Waals surface area (Å²) >= 11 is 7.27. The standard InChI is InChI=1S/C19H16ClNO3S/c1-3-25-17-16(14-6-4-5-7-15(14)24-2)18(22)21(19(17)23)13-10-8-12(20)9-11-13/h4-11H,3H2,1-2H3. The van der Waals surface area contributed by atoms with E-state index in [2.05, 4.69) is 0 Å². The Bertz CT molecular complexity index is 861. The molecule has 0 spiro atoms. The Hall–Kier alpha value is -2.24. The van der Waals surface area contributed by atoms with E-state index in [1.807, 2.05) is 19.1 Å². The Morgan fingerprint density at radius 1 is 1.04 bits per heavy atom. The van der Waals surface area contributed by atoms with Crippen molar-refractivity contribution in [2.75, 3.05) is 17.8 Å². The van der Waals surface area contributed by atoms with E-state index in [1.165, 1.54) is 16.7 Å². The van der Waals surface area contributed by atoms with Crippen molar-refractivity contribution in [3.05, 3.63) is 64.0 Å². The first-order valence-electron chi connectivity index (χ1n) is 7.73. The van der Waals surface area contributed by atoms with Gasteiger partial charge in [-0.25, -0.2) is 4.90 Å². The number of rotatable bonds is 5. The summed E-state index contributed by atoms with van der Waals surface area (Å²) in [5, 5.41) is 0.545. The highest BCUT2D eigenvalue weighted by molar-refractivity contribution is 8.04. The van der Waals surface area contributed by atoms with E-state index >= 15 is 0 Å². The first-order valence-corrected chi connectivity index (χ1v) is 9.09. The highest BCUT2D eigenvalue weighted by atomic mass is 35.5. The van der Waals surface area contributed by atoms with Crippen molar-refractivity contribution in [1.29, 1.82) is 0 Å². The zero-order chi connectivity index (χ0) is 18.0. The van der Waals surface area contributed by atoms with Crippen molar-refractivity contribution in [3.8, 4) is 5.75 Å². The molecule has 1 aliphatic heterocycles. The number of halogens is 1. The van der Waals surface area contributed by atoms with E-state index in [0.717, 1.165) is 0 Å². The van der Waals surface area contributed by atoms with Crippen LogP contribution >= 0.6 is 23.4 Å². The molecule has 0 N–H and O–H groups in total. The van der Waals surface area contributed by atoms with Crippen LogP contribution in [0.2, 0.25) is 5.02 Å². The molecule has 0 unspecified atom stereocenters. The third-order valence-corrected chi connectivity index (χ3v) is 5.00. The van der Waals surface area contributed by atoms with Gasteiger partial charge >= 0.3 is 0 Å². The Morgan fingerprint density at radius 3 is 2.36 bits per heavy atom. The van der Waals surface area contributed by atoms with E-state index in [4.69, 9.17) is 16.3 Å². The number of benzene rings is 2. The minimum absolute atomic E-state index is 0.319. The minimum atomic E-state index is -0.354. The van der Waals surface area contributed by atoms with Gasteiger partial charge in [-0.15, -0.1) is 11.8 Å². The molecule has 25 heavy (non-hydrogen) atoms. The van der Waals surface area contributed by atoms with Gasteiger partial charge in [0.1, 0.15) is 5.75 Å². The quantitative estimate of drug-likeness (QED) is 0.729. The van der Waals surface area contributed by atoms with Crippen molar-refractivity contribution in [1.82, 2.24) is 0 Å². The first-order chi connectivity index (χ1) is 12.1. The number of methoxy groups -OCH3 is 1. The van der Waals surface area contributed by atoms with Crippen LogP contribution in [0.3, 0.4) is 0 Å². The van der Waals surface area contributed by atoms with Crippen LogP contribution in [0.5, 0.6) is 5.75 Å². The van der Waals surface area contributed by atoms with E-state index in [1.54, 1.807) is 43.5 Å². The molecule has 0 fully saturated rings. The summed E-state index contributed by atoms with van der Waals surface area (Å²) in [6, 6.07) is 13.9. The van der Waals surface area contributed by atoms with Crippen LogP contribution in [0.15, 0.2) is 53.4 Å². The normalized spacial score (nSPS) is 14.4. The zero-order valence-electron chi connectivity index (χ0n) is 13.8. The van der Waals surface area contributed by atoms with Crippen LogP contribution in [0, 0.1) is 0 Å². The SMILES string of the molecule is CCSC1=C(c2ccccc2OC)C(=O)N(c2ccc(Cl)cc2)C1=O. The zero-order valence-corrected chi connectivity index (χ0v) is 15.4. The van der Waals surface area contributed by atoms with E-state index in [-0.39, 0.29) is 11.8 Å². The molecule has 6 heteroatoms. The second kappa shape index (κ2) is 7.33. The monoisotopic (exact) mass is 373 g/mol. The van der Waals surface area contributed by atoms with Gasteiger partial charge in [-0.1, -0.05) is 36.7 Å². The predicted molar refractivity (Wildman–Crippen MR) is 102 cm³/mol. The van der Waals surface area contributed by atoms with Crippen LogP contribution in [-0.2, 0) is 9.59 Å². The summed E-state index contributed by atoms with van der Waals surface area (Å²) in [6.07, 6.45) is 0. The molecular weight excluding hydrogens is 358 g/mol. The van der Waals surface area contributed by atoms with Crippen molar-refractivity contribution in [2.24, 2.45) is 0 Å². The molecule has 4 nitrogen and oxygen atoms in total. The lowest BCUT2D eigenvalue weighted by Crippen LogP contribution is -2.31. The second-order valence-electron chi connectivity index (χ2n) is 5.26. The molecular formula is C19H16ClNO3S. The number of carbonyl (C=O) groups excluding carboxylic acids is 2. The van der Waals surface area contributed by atoms with Crippen LogP contribution < -0.4 is 9.64 Å². The molecule has 0 bridgehead atoms. The molecule has 2 aromatic carbocycles. The number of carbonyl (C=O) groups is 2. The number of ether oxygens (including phenoxy) is 1. The number of anilines is 1. The van der Waals surface area contributed by atoms with Gasteiger partial charge < -0.3 is 4.74 Å². The number of nitrogens with zero attached hydrogens (tertiary/aromatic N) is 1. The smallest absolute Gasteiger partial charge is 0.272 e. The maximum absolute atomic E-state index is 13.1. The van der Waals surface area contributed by atoms with Crippen LogP contribution in [0.4, 0.5) is 5.69 Å². The largest absolute Gasteiger partial charge is 0.496 e. The molecule has 0 saturated carbocycles. The molecule has 128 valence electrons. The topological polar surface area (TPSA) is 46.6 Å². The lowest BCUT2D eigenvalue weighted by molar-refractivity contribution is -0.119. The number of imide groups is 1. The molecule has 0 atom stereocenters. The molecule has 0 aliphatic carbocycles. The van der Waals surface area contributed by atoms with Gasteiger partial charge in [0.2, 0.25) is 0 Å². The average Bonchev–Trinajstić information content (AvgIpc) is 2.86. The predicted octanol–water partition coefficient (Wildman–Crippen LogP) is 4.39. The van der Waals surface area contributed by atoms with E-state index in [0.29, 0.717) is 38.3 Å². The van der Waals surface area contributed by atoms with Crippen molar-refractivity contribution < 1.29 is 14.3 Å². The van der Waals surface area contributed by atoms with Gasteiger partial charge in [0.15, 0.2) is 0 Å². The minimum Gasteiger partial charge on any atom is -0.496 e. The third kappa shape index (κ3) is 3.17. The summed E-state index contributed by atoms with van der Waals surface area (Å²) < 4.78 is 5.38. The summed E-state index contributed by atoms with van der Waals surface area (Å²) in [5.41, 5.74) is 1.50. The Labute approximate surface area is 155 Å². The summed E-state index contributed by atoms with van der Waals surface area (Å²) in [7, 11) is 1.55. The fourth-order valence-corrected chi connectivity index (χ4v) is 3.67. The second-order valence-corrected chi connectivity index (χ2v) is 6.97. The van der Waals surface area contributed by atoms with Crippen molar-refractivity contribution >= 4 is 46.4 Å². The van der Waals surface area contributed by atoms with E-state index in [9.17, 15) is 9.59 Å². The van der Waals surface area contributed by atoms with Gasteiger partial charge in [0.05, 0.1) is 23.3 Å². The Kier molecular flexibility index (Phi) is 5.16. The van der Waals surface area contributed by atoms with Crippen LogP contribution in [0.1, 0.15) is 12.5 Å². The Morgan fingerprint density at radius 2 is 1.72 bits per heavy atom. The molecule has 1 aliphatic rings. The molecule has 0 radical (unpaired) electrons. The van der Waals surface area contributed by atoms with Crippen LogP contribution in [0.25, 0.3) is 5.57 Å². The highest BCUT2D eigenvalue weighted by Gasteiger charge is 2.40. The first kappa shape index (κ1) is 17.6. The van der Waals surface area contributed by atoms with Crippen LogP contribution in [-0.4, -0.2) is 24.7 Å². The molecule has 0 aromatic heterocycles. The number of hydrogen-bond donors (Lipinski definition) is 0. The third-order valence-electron chi connectivity index (χ3n) is 3.79. The van der Waals surface area contributed by atoms with Gasteiger partial charge in [0, 0.05) is 10.6 Å². The number of hydrogen-bond acceptors (Lipinski definition) is 4. The lowest BCUT2D eigenvalue weighted by atomic mass is 10.0. The van der Waals surface area contributed by atoms with E-state index < -0.39 is 0 Å². The summed E-state index contributed by atoms with van der Waals surface area (Å²) in [5.74, 6) is 0.570. The molecule has 0 saturated heterocycles.